The highest BCUT2D eigenvalue weighted by atomic mass is 79.9. The number of carbonyl (C=O) groups is 1. The molecule has 1 N–H and O–H groups in total. The molecule has 0 saturated heterocycles. The molecule has 0 spiro atoms. The predicted octanol–water partition coefficient (Wildman–Crippen LogP) is 1.92. The molecule has 2 rings (SSSR count). The Hall–Kier alpha value is -1.63. The number of carboxylic acid groups (broad SMARTS) is 1. The lowest BCUT2D eigenvalue weighted by Gasteiger charge is -1.95. The van der Waals surface area contributed by atoms with E-state index in [1.807, 2.05) is 24.7 Å². The number of nitrogens with zero attached hydrogens (tertiary/aromatic N) is 4. The summed E-state index contributed by atoms with van der Waals surface area (Å²) in [6.07, 6.45) is 3.57. The van der Waals surface area contributed by atoms with Gasteiger partial charge in [0.1, 0.15) is 12.2 Å². The molecule has 7 heteroatoms. The molecule has 6 nitrogen and oxygen atoms in total. The van der Waals surface area contributed by atoms with Gasteiger partial charge in [-0.25, -0.2) is 0 Å². The Morgan fingerprint density at radius 3 is 2.67 bits per heavy atom. The van der Waals surface area contributed by atoms with Crippen molar-refractivity contribution in [3.63, 3.8) is 0 Å². The third kappa shape index (κ3) is 2.45. The van der Waals surface area contributed by atoms with Crippen LogP contribution >= 0.6 is 15.9 Å². The monoisotopic (exact) mass is 312 g/mol. The number of halogens is 1. The van der Waals surface area contributed by atoms with Crippen molar-refractivity contribution in [2.45, 2.75) is 26.9 Å². The highest BCUT2D eigenvalue weighted by Gasteiger charge is 2.15. The van der Waals surface area contributed by atoms with E-state index in [-0.39, 0.29) is 6.54 Å². The molecule has 0 fully saturated rings. The first-order valence-corrected chi connectivity index (χ1v) is 6.29. The largest absolute Gasteiger partial charge is 0.480 e. The topological polar surface area (TPSA) is 72.9 Å². The molecule has 0 aromatic carbocycles. The van der Waals surface area contributed by atoms with Gasteiger partial charge >= 0.3 is 5.97 Å². The molecule has 0 bridgehead atoms. The van der Waals surface area contributed by atoms with E-state index in [0.717, 1.165) is 22.3 Å². The van der Waals surface area contributed by atoms with Gasteiger partial charge in [-0.2, -0.15) is 10.2 Å². The summed E-state index contributed by atoms with van der Waals surface area (Å²) in [7, 11) is 0. The van der Waals surface area contributed by atoms with Crippen LogP contribution in [0.3, 0.4) is 0 Å². The SMILES string of the molecule is CCn1cc(-c2nn(CC(=O)O)cc2Br)c(C)n1. The zero-order valence-corrected chi connectivity index (χ0v) is 11.7. The molecule has 2 aromatic rings. The second kappa shape index (κ2) is 4.93. The van der Waals surface area contributed by atoms with Gasteiger partial charge in [0.25, 0.3) is 0 Å². The summed E-state index contributed by atoms with van der Waals surface area (Å²) < 4.78 is 3.99. The molecule has 0 aliphatic heterocycles. The molecule has 0 aliphatic rings. The summed E-state index contributed by atoms with van der Waals surface area (Å²) in [6, 6.07) is 0. The zero-order chi connectivity index (χ0) is 13.3. The maximum atomic E-state index is 10.7. The highest BCUT2D eigenvalue weighted by molar-refractivity contribution is 9.10. The van der Waals surface area contributed by atoms with Crippen LogP contribution in [0.2, 0.25) is 0 Å². The van der Waals surface area contributed by atoms with Gasteiger partial charge in [0.05, 0.1) is 10.2 Å². The number of aromatic nitrogens is 4. The molecule has 0 radical (unpaired) electrons. The normalized spacial score (nSPS) is 10.8. The smallest absolute Gasteiger partial charge is 0.325 e. The van der Waals surface area contributed by atoms with Crippen LogP contribution in [0.5, 0.6) is 0 Å². The highest BCUT2D eigenvalue weighted by Crippen LogP contribution is 2.28. The van der Waals surface area contributed by atoms with E-state index in [9.17, 15) is 4.79 Å². The summed E-state index contributed by atoms with van der Waals surface area (Å²) in [5.41, 5.74) is 2.50. The molecule has 96 valence electrons. The lowest BCUT2D eigenvalue weighted by atomic mass is 10.2. The average Bonchev–Trinajstić information content (AvgIpc) is 2.81. The van der Waals surface area contributed by atoms with Crippen molar-refractivity contribution in [2.24, 2.45) is 0 Å². The van der Waals surface area contributed by atoms with Crippen molar-refractivity contribution in [3.05, 3.63) is 22.6 Å². The van der Waals surface area contributed by atoms with E-state index in [1.54, 1.807) is 6.20 Å². The quantitative estimate of drug-likeness (QED) is 0.936. The van der Waals surface area contributed by atoms with Gasteiger partial charge in [-0.3, -0.25) is 14.2 Å². The fraction of sp³-hybridized carbons (Fsp3) is 0.364. The van der Waals surface area contributed by atoms with Crippen LogP contribution in [0.25, 0.3) is 11.3 Å². The van der Waals surface area contributed by atoms with Crippen LogP contribution in [0, 0.1) is 6.92 Å². The number of hydrogen-bond donors (Lipinski definition) is 1. The second-order valence-corrected chi connectivity index (χ2v) is 4.76. The molecule has 2 aromatic heterocycles. The Kier molecular flexibility index (Phi) is 3.51. The van der Waals surface area contributed by atoms with Gasteiger partial charge in [-0.05, 0) is 29.8 Å². The van der Waals surface area contributed by atoms with Crippen LogP contribution < -0.4 is 0 Å². The third-order valence-electron chi connectivity index (χ3n) is 2.54. The number of rotatable bonds is 4. The van der Waals surface area contributed by atoms with Crippen molar-refractivity contribution in [3.8, 4) is 11.3 Å². The molecule has 2 heterocycles. The molecular formula is C11H13BrN4O2. The first kappa shape index (κ1) is 12.8. The minimum absolute atomic E-state index is 0.153. The van der Waals surface area contributed by atoms with Crippen LogP contribution in [-0.2, 0) is 17.9 Å². The minimum atomic E-state index is -0.919. The molecular weight excluding hydrogens is 300 g/mol. The van der Waals surface area contributed by atoms with Gasteiger partial charge < -0.3 is 5.11 Å². The maximum absolute atomic E-state index is 10.7. The number of hydrogen-bond acceptors (Lipinski definition) is 3. The third-order valence-corrected chi connectivity index (χ3v) is 3.12. The van der Waals surface area contributed by atoms with Gasteiger partial charge in [0.2, 0.25) is 0 Å². The second-order valence-electron chi connectivity index (χ2n) is 3.90. The van der Waals surface area contributed by atoms with Crippen molar-refractivity contribution < 1.29 is 9.90 Å². The summed E-state index contributed by atoms with van der Waals surface area (Å²) in [4.78, 5) is 10.7. The van der Waals surface area contributed by atoms with E-state index < -0.39 is 5.97 Å². The van der Waals surface area contributed by atoms with Crippen LogP contribution in [0.1, 0.15) is 12.6 Å². The lowest BCUT2D eigenvalue weighted by molar-refractivity contribution is -0.137. The van der Waals surface area contributed by atoms with Crippen molar-refractivity contribution in [2.75, 3.05) is 0 Å². The van der Waals surface area contributed by atoms with E-state index in [1.165, 1.54) is 4.68 Å². The zero-order valence-electron chi connectivity index (χ0n) is 10.1. The van der Waals surface area contributed by atoms with E-state index in [2.05, 4.69) is 26.1 Å². The van der Waals surface area contributed by atoms with Crippen molar-refractivity contribution >= 4 is 21.9 Å². The van der Waals surface area contributed by atoms with Gasteiger partial charge in [-0.15, -0.1) is 0 Å². The summed E-state index contributed by atoms with van der Waals surface area (Å²) in [6.45, 7) is 4.55. The van der Waals surface area contributed by atoms with Gasteiger partial charge in [0.15, 0.2) is 0 Å². The summed E-state index contributed by atoms with van der Waals surface area (Å²) >= 11 is 3.40. The van der Waals surface area contributed by atoms with Gasteiger partial charge in [-0.1, -0.05) is 0 Å². The van der Waals surface area contributed by atoms with Crippen LogP contribution in [0.4, 0.5) is 0 Å². The number of aliphatic carboxylic acids is 1. The average molecular weight is 313 g/mol. The Bertz CT molecular complexity index is 588. The van der Waals surface area contributed by atoms with E-state index in [4.69, 9.17) is 5.11 Å². The van der Waals surface area contributed by atoms with E-state index >= 15 is 0 Å². The molecule has 0 saturated carbocycles. The van der Waals surface area contributed by atoms with Crippen LogP contribution in [-0.4, -0.2) is 30.6 Å². The molecule has 0 aliphatic carbocycles. The number of carboxylic acids is 1. The molecule has 0 atom stereocenters. The summed E-state index contributed by atoms with van der Waals surface area (Å²) in [5, 5.41) is 17.4. The van der Waals surface area contributed by atoms with Crippen molar-refractivity contribution in [1.29, 1.82) is 0 Å². The molecule has 0 unspecified atom stereocenters. The Morgan fingerprint density at radius 1 is 1.39 bits per heavy atom. The van der Waals surface area contributed by atoms with E-state index in [0.29, 0.717) is 5.69 Å². The first-order chi connectivity index (χ1) is 8.51. The Morgan fingerprint density at radius 2 is 2.11 bits per heavy atom. The summed E-state index contributed by atoms with van der Waals surface area (Å²) in [5.74, 6) is -0.919. The predicted molar refractivity (Wildman–Crippen MR) is 69.2 cm³/mol. The van der Waals surface area contributed by atoms with Crippen molar-refractivity contribution in [1.82, 2.24) is 19.6 Å². The Balaban J connectivity index is 2.40. The molecule has 0 amide bonds. The maximum Gasteiger partial charge on any atom is 0.325 e. The minimum Gasteiger partial charge on any atom is -0.480 e. The fourth-order valence-electron chi connectivity index (χ4n) is 1.71. The lowest BCUT2D eigenvalue weighted by Crippen LogP contribution is -2.08. The molecule has 18 heavy (non-hydrogen) atoms. The first-order valence-electron chi connectivity index (χ1n) is 5.50. The standard InChI is InChI=1S/C11H13BrN4O2/c1-3-15-4-8(7(2)13-15)11-9(12)5-16(14-11)6-10(17)18/h4-5H,3,6H2,1-2H3,(H,17,18). The van der Waals surface area contributed by atoms with Gasteiger partial charge in [0, 0.05) is 24.5 Å². The number of aryl methyl sites for hydroxylation is 2. The van der Waals surface area contributed by atoms with Crippen LogP contribution in [0.15, 0.2) is 16.9 Å². The Labute approximate surface area is 112 Å². The fourth-order valence-corrected chi connectivity index (χ4v) is 2.24.